The second-order valence-electron chi connectivity index (χ2n) is 4.93. The van der Waals surface area contributed by atoms with E-state index in [1.54, 1.807) is 0 Å². The second-order valence-corrected chi connectivity index (χ2v) is 4.93. The van der Waals surface area contributed by atoms with Crippen LogP contribution in [0.5, 0.6) is 5.75 Å². The fourth-order valence-electron chi connectivity index (χ4n) is 2.36. The molecule has 0 spiro atoms. The van der Waals surface area contributed by atoms with Gasteiger partial charge in [0.05, 0.1) is 17.5 Å². The molecule has 0 atom stereocenters. The summed E-state index contributed by atoms with van der Waals surface area (Å²) in [5.74, 6) is -0.158. The second kappa shape index (κ2) is 5.32. The number of likely N-dealkylation sites (N-methyl/N-ethyl adjacent to an activating group) is 1. The van der Waals surface area contributed by atoms with Crippen LogP contribution in [0, 0.1) is 10.1 Å². The number of nitro benzene ring substituents is 1. The molecule has 6 heteroatoms. The fraction of sp³-hybridized carbons (Fsp3) is 0.500. The Labute approximate surface area is 106 Å². The number of hydrogen-bond donors (Lipinski definition) is 2. The summed E-state index contributed by atoms with van der Waals surface area (Å²) in [7, 11) is 2.15. The van der Waals surface area contributed by atoms with Crippen LogP contribution in [0.4, 0.5) is 5.69 Å². The zero-order valence-corrected chi connectivity index (χ0v) is 10.4. The summed E-state index contributed by atoms with van der Waals surface area (Å²) in [6.07, 6.45) is 0. The monoisotopic (exact) mass is 252 g/mol. The van der Waals surface area contributed by atoms with Crippen molar-refractivity contribution in [2.24, 2.45) is 0 Å². The van der Waals surface area contributed by atoms with Gasteiger partial charge in [-0.05, 0) is 0 Å². The predicted octanol–water partition coefficient (Wildman–Crippen LogP) is -2.42. The van der Waals surface area contributed by atoms with Crippen LogP contribution in [0.15, 0.2) is 18.2 Å². The van der Waals surface area contributed by atoms with Gasteiger partial charge in [-0.25, -0.2) is 0 Å². The van der Waals surface area contributed by atoms with Crippen LogP contribution < -0.4 is 14.9 Å². The molecule has 1 aromatic rings. The first-order valence-electron chi connectivity index (χ1n) is 6.15. The molecule has 0 amide bonds. The molecule has 0 unspecified atom stereocenters. The minimum absolute atomic E-state index is 0.0633. The van der Waals surface area contributed by atoms with E-state index in [1.165, 1.54) is 28.0 Å². The molecular weight excluding hydrogens is 234 g/mol. The van der Waals surface area contributed by atoms with Crippen molar-refractivity contribution in [3.8, 4) is 5.75 Å². The molecule has 18 heavy (non-hydrogen) atoms. The molecule has 2 rings (SSSR count). The Bertz CT molecular complexity index is 442. The Morgan fingerprint density at radius 1 is 1.28 bits per heavy atom. The van der Waals surface area contributed by atoms with Crippen LogP contribution >= 0.6 is 0 Å². The highest BCUT2D eigenvalue weighted by atomic mass is 16.6. The van der Waals surface area contributed by atoms with E-state index in [0.29, 0.717) is 12.1 Å². The lowest BCUT2D eigenvalue weighted by molar-refractivity contribution is -1.01. The van der Waals surface area contributed by atoms with Gasteiger partial charge in [-0.15, -0.1) is 5.75 Å². The van der Waals surface area contributed by atoms with Crippen LogP contribution in [-0.2, 0) is 6.54 Å². The van der Waals surface area contributed by atoms with Crippen LogP contribution in [0.1, 0.15) is 5.56 Å². The topological polar surface area (TPSA) is 75.1 Å². The average Bonchev–Trinajstić information content (AvgIpc) is 2.32. The summed E-state index contributed by atoms with van der Waals surface area (Å²) in [5.41, 5.74) is 0.621. The van der Waals surface area contributed by atoms with Gasteiger partial charge in [0.15, 0.2) is 0 Å². The van der Waals surface area contributed by atoms with Gasteiger partial charge in [-0.2, -0.15) is 0 Å². The highest BCUT2D eigenvalue weighted by Crippen LogP contribution is 2.20. The molecule has 1 aliphatic rings. The average molecular weight is 252 g/mol. The van der Waals surface area contributed by atoms with Gasteiger partial charge in [0.2, 0.25) is 0 Å². The summed E-state index contributed by atoms with van der Waals surface area (Å²) < 4.78 is 0. The highest BCUT2D eigenvalue weighted by Gasteiger charge is 2.23. The van der Waals surface area contributed by atoms with Crippen molar-refractivity contribution in [2.75, 3.05) is 33.2 Å². The van der Waals surface area contributed by atoms with E-state index in [2.05, 4.69) is 7.05 Å². The molecule has 0 bridgehead atoms. The maximum Gasteiger partial charge on any atom is 0.278 e. The van der Waals surface area contributed by atoms with E-state index < -0.39 is 4.92 Å². The Morgan fingerprint density at radius 2 is 1.94 bits per heavy atom. The van der Waals surface area contributed by atoms with Crippen molar-refractivity contribution in [1.82, 2.24) is 0 Å². The normalized spacial score (nSPS) is 23.8. The number of piperazine rings is 1. The quantitative estimate of drug-likeness (QED) is 0.464. The molecule has 0 saturated carbocycles. The molecule has 2 N–H and O–H groups in total. The lowest BCUT2D eigenvalue weighted by Gasteiger charge is -2.27. The maximum atomic E-state index is 11.3. The highest BCUT2D eigenvalue weighted by molar-refractivity contribution is 5.43. The summed E-state index contributed by atoms with van der Waals surface area (Å²) in [4.78, 5) is 13.3. The van der Waals surface area contributed by atoms with Crippen molar-refractivity contribution in [3.05, 3.63) is 33.9 Å². The van der Waals surface area contributed by atoms with Crippen molar-refractivity contribution >= 4 is 5.69 Å². The van der Waals surface area contributed by atoms with E-state index in [-0.39, 0.29) is 11.4 Å². The first kappa shape index (κ1) is 12.8. The number of hydrogen-bond acceptors (Lipinski definition) is 3. The summed E-state index contributed by atoms with van der Waals surface area (Å²) in [6, 6.07) is 3.97. The first-order valence-corrected chi connectivity index (χ1v) is 6.15. The van der Waals surface area contributed by atoms with Gasteiger partial charge in [0.1, 0.15) is 32.7 Å². The summed E-state index contributed by atoms with van der Waals surface area (Å²) in [5, 5.41) is 22.2. The van der Waals surface area contributed by atoms with Gasteiger partial charge in [-0.1, -0.05) is 12.1 Å². The number of nitrogens with one attached hydrogen (secondary N) is 2. The van der Waals surface area contributed by atoms with Gasteiger partial charge in [0, 0.05) is 6.07 Å². The Morgan fingerprint density at radius 3 is 2.56 bits per heavy atom. The third-order valence-corrected chi connectivity index (χ3v) is 3.50. The van der Waals surface area contributed by atoms with Crippen molar-refractivity contribution < 1.29 is 19.8 Å². The van der Waals surface area contributed by atoms with Gasteiger partial charge < -0.3 is 14.9 Å². The Balaban J connectivity index is 2.12. The zero-order chi connectivity index (χ0) is 13.1. The predicted molar refractivity (Wildman–Crippen MR) is 63.6 cm³/mol. The van der Waals surface area contributed by atoms with Crippen LogP contribution in [0.3, 0.4) is 0 Å². The Kier molecular flexibility index (Phi) is 3.78. The molecule has 1 aliphatic heterocycles. The smallest absolute Gasteiger partial charge is 0.278 e. The number of nitro groups is 1. The molecule has 1 fully saturated rings. The molecule has 98 valence electrons. The molecule has 1 heterocycles. The van der Waals surface area contributed by atoms with Crippen LogP contribution in [0.25, 0.3) is 0 Å². The maximum absolute atomic E-state index is 11.3. The van der Waals surface area contributed by atoms with E-state index in [4.69, 9.17) is 0 Å². The molecule has 1 aromatic carbocycles. The minimum atomic E-state index is -0.407. The van der Waals surface area contributed by atoms with E-state index in [1.807, 2.05) is 0 Å². The molecule has 1 saturated heterocycles. The third-order valence-electron chi connectivity index (χ3n) is 3.50. The molecule has 0 radical (unpaired) electrons. The molecular formula is C12H18N3O3+. The lowest BCUT2D eigenvalue weighted by Crippen LogP contribution is -3.26. The van der Waals surface area contributed by atoms with Gasteiger partial charge in [0.25, 0.3) is 5.69 Å². The SMILES string of the molecule is C[NH+]1CC[NH+](Cc2cc([O-])ccc2[N+](=O)[O-])CC1. The van der Waals surface area contributed by atoms with E-state index in [9.17, 15) is 15.2 Å². The minimum Gasteiger partial charge on any atom is -0.872 e. The summed E-state index contributed by atoms with van der Waals surface area (Å²) in [6.45, 7) is 4.69. The van der Waals surface area contributed by atoms with Crippen molar-refractivity contribution in [3.63, 3.8) is 0 Å². The number of quaternary nitrogens is 2. The number of benzene rings is 1. The van der Waals surface area contributed by atoms with E-state index in [0.717, 1.165) is 26.2 Å². The number of rotatable bonds is 3. The summed E-state index contributed by atoms with van der Waals surface area (Å²) >= 11 is 0. The van der Waals surface area contributed by atoms with Gasteiger partial charge >= 0.3 is 0 Å². The van der Waals surface area contributed by atoms with Crippen LogP contribution in [0.2, 0.25) is 0 Å². The molecule has 0 aromatic heterocycles. The van der Waals surface area contributed by atoms with E-state index >= 15 is 0 Å². The van der Waals surface area contributed by atoms with Crippen molar-refractivity contribution in [2.45, 2.75) is 6.54 Å². The first-order chi connectivity index (χ1) is 8.56. The fourth-order valence-corrected chi connectivity index (χ4v) is 2.36. The third kappa shape index (κ3) is 2.96. The zero-order valence-electron chi connectivity index (χ0n) is 10.4. The van der Waals surface area contributed by atoms with Crippen LogP contribution in [-0.4, -0.2) is 38.2 Å². The molecule has 6 nitrogen and oxygen atoms in total. The lowest BCUT2D eigenvalue weighted by atomic mass is 10.1. The standard InChI is InChI=1S/C12H17N3O3/c1-13-4-6-14(7-5-13)9-10-8-11(16)2-3-12(10)15(17)18/h2-3,8,16H,4-7,9H2,1H3/p+1. The van der Waals surface area contributed by atoms with Gasteiger partial charge in [-0.3, -0.25) is 10.1 Å². The number of nitrogens with zero attached hydrogens (tertiary/aromatic N) is 1. The van der Waals surface area contributed by atoms with Crippen molar-refractivity contribution in [1.29, 1.82) is 0 Å². The Hall–Kier alpha value is -1.66. The largest absolute Gasteiger partial charge is 0.872 e. The molecule has 0 aliphatic carbocycles.